The smallest absolute Gasteiger partial charge is 0.126 e. The zero-order valence-corrected chi connectivity index (χ0v) is 11.3. The van der Waals surface area contributed by atoms with E-state index in [0.717, 1.165) is 25.1 Å². The van der Waals surface area contributed by atoms with Crippen LogP contribution in [-0.2, 0) is 6.42 Å². The van der Waals surface area contributed by atoms with Crippen molar-refractivity contribution in [1.82, 2.24) is 5.32 Å². The van der Waals surface area contributed by atoms with Crippen molar-refractivity contribution >= 4 is 0 Å². The summed E-state index contributed by atoms with van der Waals surface area (Å²) in [7, 11) is 0. The fourth-order valence-corrected chi connectivity index (χ4v) is 2.14. The molecule has 0 aliphatic heterocycles. The summed E-state index contributed by atoms with van der Waals surface area (Å²) in [5, 5.41) is 3.39. The third kappa shape index (κ3) is 4.18. The molecule has 1 nitrogen and oxygen atoms in total. The van der Waals surface area contributed by atoms with Gasteiger partial charge in [0.2, 0.25) is 0 Å². The van der Waals surface area contributed by atoms with E-state index in [1.807, 2.05) is 18.2 Å². The van der Waals surface area contributed by atoms with E-state index in [2.05, 4.69) is 36.5 Å². The Kier molecular flexibility index (Phi) is 5.10. The van der Waals surface area contributed by atoms with Gasteiger partial charge in [-0.1, -0.05) is 55.5 Å². The average Bonchev–Trinajstić information content (AvgIpc) is 2.46. The molecule has 0 aliphatic carbocycles. The highest BCUT2D eigenvalue weighted by molar-refractivity contribution is 5.19. The first-order valence-electron chi connectivity index (χ1n) is 6.76. The maximum absolute atomic E-state index is 13.4. The van der Waals surface area contributed by atoms with Crippen LogP contribution >= 0.6 is 0 Å². The first-order chi connectivity index (χ1) is 9.27. The Bertz CT molecular complexity index is 496. The summed E-state index contributed by atoms with van der Waals surface area (Å²) in [6.45, 7) is 3.92. The zero-order valence-electron chi connectivity index (χ0n) is 11.3. The number of halogens is 1. The van der Waals surface area contributed by atoms with Gasteiger partial charge in [0.1, 0.15) is 5.82 Å². The van der Waals surface area contributed by atoms with E-state index in [0.29, 0.717) is 5.92 Å². The number of nitrogens with one attached hydrogen (secondary N) is 1. The van der Waals surface area contributed by atoms with Gasteiger partial charge < -0.3 is 5.32 Å². The van der Waals surface area contributed by atoms with Crippen molar-refractivity contribution in [3.8, 4) is 0 Å². The number of hydrogen-bond donors (Lipinski definition) is 1. The fourth-order valence-electron chi connectivity index (χ4n) is 2.14. The van der Waals surface area contributed by atoms with E-state index < -0.39 is 0 Å². The van der Waals surface area contributed by atoms with Gasteiger partial charge in [-0.25, -0.2) is 4.39 Å². The van der Waals surface area contributed by atoms with Crippen LogP contribution in [0.3, 0.4) is 0 Å². The highest BCUT2D eigenvalue weighted by atomic mass is 19.1. The highest BCUT2D eigenvalue weighted by Crippen LogP contribution is 2.13. The molecule has 0 aliphatic rings. The van der Waals surface area contributed by atoms with Crippen molar-refractivity contribution in [2.45, 2.75) is 19.3 Å². The van der Waals surface area contributed by atoms with Gasteiger partial charge >= 0.3 is 0 Å². The molecular formula is C17H20FN. The summed E-state index contributed by atoms with van der Waals surface area (Å²) < 4.78 is 13.4. The summed E-state index contributed by atoms with van der Waals surface area (Å²) in [6.07, 6.45) is 0.730. The molecule has 0 saturated carbocycles. The third-order valence-corrected chi connectivity index (χ3v) is 3.35. The molecule has 0 unspecified atom stereocenters. The van der Waals surface area contributed by atoms with Crippen LogP contribution in [0.4, 0.5) is 4.39 Å². The third-order valence-electron chi connectivity index (χ3n) is 3.35. The minimum atomic E-state index is -0.111. The van der Waals surface area contributed by atoms with Crippen molar-refractivity contribution < 1.29 is 4.39 Å². The largest absolute Gasteiger partial charge is 0.316 e. The lowest BCUT2D eigenvalue weighted by molar-refractivity contribution is 0.584. The number of hydrogen-bond acceptors (Lipinski definition) is 1. The Hall–Kier alpha value is -1.67. The van der Waals surface area contributed by atoms with Crippen LogP contribution in [0.1, 0.15) is 24.0 Å². The lowest BCUT2D eigenvalue weighted by atomic mass is 10.0. The summed E-state index contributed by atoms with van der Waals surface area (Å²) in [4.78, 5) is 0. The minimum Gasteiger partial charge on any atom is -0.316 e. The summed E-state index contributed by atoms with van der Waals surface area (Å²) in [5.41, 5.74) is 2.11. The molecule has 0 saturated heterocycles. The van der Waals surface area contributed by atoms with Crippen molar-refractivity contribution in [1.29, 1.82) is 0 Å². The lowest BCUT2D eigenvalue weighted by Crippen LogP contribution is -2.22. The second kappa shape index (κ2) is 7.05. The van der Waals surface area contributed by atoms with E-state index >= 15 is 0 Å². The predicted octanol–water partition coefficient (Wildman–Crippen LogP) is 3.76. The Morgan fingerprint density at radius 1 is 1.00 bits per heavy atom. The zero-order chi connectivity index (χ0) is 13.5. The molecule has 0 spiro atoms. The SMILES string of the molecule is C[C@@H](CNCCc1ccccc1F)c1ccccc1. The van der Waals surface area contributed by atoms with Gasteiger partial charge in [0.25, 0.3) is 0 Å². The van der Waals surface area contributed by atoms with Gasteiger partial charge in [0.15, 0.2) is 0 Å². The molecule has 0 heterocycles. The van der Waals surface area contributed by atoms with E-state index in [9.17, 15) is 4.39 Å². The molecule has 0 radical (unpaired) electrons. The monoisotopic (exact) mass is 257 g/mol. The van der Waals surface area contributed by atoms with Gasteiger partial charge in [0, 0.05) is 6.54 Å². The van der Waals surface area contributed by atoms with E-state index in [1.165, 1.54) is 11.6 Å². The Balaban J connectivity index is 1.74. The molecule has 2 aromatic carbocycles. The second-order valence-electron chi connectivity index (χ2n) is 4.86. The standard InChI is InChI=1S/C17H20FN/c1-14(15-7-3-2-4-8-15)13-19-12-11-16-9-5-6-10-17(16)18/h2-10,14,19H,11-13H2,1H3/t14-/m0/s1. The van der Waals surface area contributed by atoms with Crippen LogP contribution in [-0.4, -0.2) is 13.1 Å². The van der Waals surface area contributed by atoms with Gasteiger partial charge in [0.05, 0.1) is 0 Å². The predicted molar refractivity (Wildman–Crippen MR) is 77.8 cm³/mol. The van der Waals surface area contributed by atoms with Gasteiger partial charge in [-0.3, -0.25) is 0 Å². The van der Waals surface area contributed by atoms with Crippen molar-refractivity contribution in [2.24, 2.45) is 0 Å². The molecule has 2 aromatic rings. The first kappa shape index (κ1) is 13.8. The fraction of sp³-hybridized carbons (Fsp3) is 0.294. The van der Waals surface area contributed by atoms with E-state index in [4.69, 9.17) is 0 Å². The lowest BCUT2D eigenvalue weighted by Gasteiger charge is -2.13. The molecule has 2 rings (SSSR count). The van der Waals surface area contributed by atoms with E-state index in [-0.39, 0.29) is 5.82 Å². The molecule has 2 heteroatoms. The molecule has 0 bridgehead atoms. The molecule has 1 N–H and O–H groups in total. The average molecular weight is 257 g/mol. The molecule has 0 aromatic heterocycles. The maximum atomic E-state index is 13.4. The normalized spacial score (nSPS) is 12.3. The molecular weight excluding hydrogens is 237 g/mol. The van der Waals surface area contributed by atoms with Gasteiger partial charge in [-0.05, 0) is 36.1 Å². The van der Waals surface area contributed by atoms with Crippen LogP contribution in [0.5, 0.6) is 0 Å². The van der Waals surface area contributed by atoms with Gasteiger partial charge in [-0.15, -0.1) is 0 Å². The Morgan fingerprint density at radius 2 is 1.68 bits per heavy atom. The molecule has 0 fully saturated rings. The van der Waals surface area contributed by atoms with E-state index in [1.54, 1.807) is 6.07 Å². The quantitative estimate of drug-likeness (QED) is 0.777. The maximum Gasteiger partial charge on any atom is 0.126 e. The first-order valence-corrected chi connectivity index (χ1v) is 6.76. The van der Waals surface area contributed by atoms with Gasteiger partial charge in [-0.2, -0.15) is 0 Å². The Labute approximate surface area is 114 Å². The minimum absolute atomic E-state index is 0.111. The van der Waals surface area contributed by atoms with Crippen LogP contribution in [0.25, 0.3) is 0 Å². The topological polar surface area (TPSA) is 12.0 Å². The Morgan fingerprint density at radius 3 is 2.42 bits per heavy atom. The highest BCUT2D eigenvalue weighted by Gasteiger charge is 2.04. The number of benzene rings is 2. The number of rotatable bonds is 6. The summed E-state index contributed by atoms with van der Waals surface area (Å²) >= 11 is 0. The van der Waals surface area contributed by atoms with Crippen LogP contribution in [0, 0.1) is 5.82 Å². The van der Waals surface area contributed by atoms with Crippen molar-refractivity contribution in [2.75, 3.05) is 13.1 Å². The van der Waals surface area contributed by atoms with Crippen LogP contribution < -0.4 is 5.32 Å². The second-order valence-corrected chi connectivity index (χ2v) is 4.86. The summed E-state index contributed by atoms with van der Waals surface area (Å²) in [5.74, 6) is 0.363. The summed E-state index contributed by atoms with van der Waals surface area (Å²) in [6, 6.07) is 17.4. The molecule has 1 atom stereocenters. The van der Waals surface area contributed by atoms with Crippen LogP contribution in [0.2, 0.25) is 0 Å². The van der Waals surface area contributed by atoms with Crippen molar-refractivity contribution in [3.05, 3.63) is 71.5 Å². The van der Waals surface area contributed by atoms with Crippen LogP contribution in [0.15, 0.2) is 54.6 Å². The molecule has 100 valence electrons. The molecule has 0 amide bonds. The molecule has 19 heavy (non-hydrogen) atoms. The van der Waals surface area contributed by atoms with Crippen molar-refractivity contribution in [3.63, 3.8) is 0 Å².